The number of benzene rings is 1. The Balaban J connectivity index is 2.19. The van der Waals surface area contributed by atoms with Crippen molar-refractivity contribution in [3.05, 3.63) is 29.8 Å². The zero-order chi connectivity index (χ0) is 8.39. The molecule has 0 aliphatic carbocycles. The lowest BCUT2D eigenvalue weighted by molar-refractivity contribution is 0.00836. The normalized spacial score (nSPS) is 17.1. The van der Waals surface area contributed by atoms with Gasteiger partial charge >= 0.3 is 0 Å². The van der Waals surface area contributed by atoms with E-state index in [4.69, 9.17) is 9.47 Å². The Morgan fingerprint density at radius 2 is 2.25 bits per heavy atom. The highest BCUT2D eigenvalue weighted by molar-refractivity contribution is 5.31. The summed E-state index contributed by atoms with van der Waals surface area (Å²) in [5, 5.41) is 0. The maximum absolute atomic E-state index is 5.13. The average molecular weight is 164 g/mol. The molecule has 1 aromatic rings. The summed E-state index contributed by atoms with van der Waals surface area (Å²) in [6.07, 6.45) is 0. The molecule has 0 unspecified atom stereocenters. The molecule has 1 aliphatic heterocycles. The van der Waals surface area contributed by atoms with Crippen molar-refractivity contribution >= 4 is 0 Å². The lowest BCUT2D eigenvalue weighted by atomic mass is 9.98. The number of ether oxygens (including phenoxy) is 2. The van der Waals surface area contributed by atoms with Crippen LogP contribution < -0.4 is 4.74 Å². The summed E-state index contributed by atoms with van der Waals surface area (Å²) in [7, 11) is 1.69. The van der Waals surface area contributed by atoms with Crippen molar-refractivity contribution in [1.82, 2.24) is 0 Å². The number of rotatable bonds is 2. The fourth-order valence-corrected chi connectivity index (χ4v) is 1.32. The van der Waals surface area contributed by atoms with Crippen LogP contribution in [0.2, 0.25) is 0 Å². The first-order chi connectivity index (χ1) is 5.90. The van der Waals surface area contributed by atoms with Gasteiger partial charge < -0.3 is 9.47 Å². The van der Waals surface area contributed by atoms with E-state index < -0.39 is 0 Å². The summed E-state index contributed by atoms with van der Waals surface area (Å²) in [4.78, 5) is 0. The zero-order valence-corrected chi connectivity index (χ0v) is 7.12. The Morgan fingerprint density at radius 3 is 2.83 bits per heavy atom. The molecular weight excluding hydrogens is 152 g/mol. The molecule has 0 spiro atoms. The minimum atomic E-state index is 0.583. The van der Waals surface area contributed by atoms with E-state index >= 15 is 0 Å². The van der Waals surface area contributed by atoms with Crippen LogP contribution in [0.15, 0.2) is 24.3 Å². The van der Waals surface area contributed by atoms with Crippen molar-refractivity contribution in [3.8, 4) is 5.75 Å². The van der Waals surface area contributed by atoms with Crippen LogP contribution >= 0.6 is 0 Å². The first-order valence-corrected chi connectivity index (χ1v) is 4.12. The molecule has 0 saturated carbocycles. The van der Waals surface area contributed by atoms with Crippen LogP contribution in [-0.2, 0) is 4.74 Å². The highest BCUT2D eigenvalue weighted by Gasteiger charge is 2.20. The van der Waals surface area contributed by atoms with Gasteiger partial charge in [-0.3, -0.25) is 0 Å². The maximum atomic E-state index is 5.13. The zero-order valence-electron chi connectivity index (χ0n) is 7.12. The summed E-state index contributed by atoms with van der Waals surface area (Å²) in [5.74, 6) is 1.51. The van der Waals surface area contributed by atoms with Gasteiger partial charge in [0.25, 0.3) is 0 Å². The Morgan fingerprint density at radius 1 is 1.42 bits per heavy atom. The fraction of sp³-hybridized carbons (Fsp3) is 0.400. The van der Waals surface area contributed by atoms with Gasteiger partial charge in [-0.2, -0.15) is 0 Å². The SMILES string of the molecule is COc1cccc(C2COC2)c1. The third-order valence-electron chi connectivity index (χ3n) is 2.20. The summed E-state index contributed by atoms with van der Waals surface area (Å²) in [6.45, 7) is 1.71. The van der Waals surface area contributed by atoms with Crippen molar-refractivity contribution in [1.29, 1.82) is 0 Å². The fourth-order valence-electron chi connectivity index (χ4n) is 1.32. The van der Waals surface area contributed by atoms with E-state index in [-0.39, 0.29) is 0 Å². The van der Waals surface area contributed by atoms with Crippen LogP contribution in [-0.4, -0.2) is 20.3 Å². The van der Waals surface area contributed by atoms with Gasteiger partial charge in [0.1, 0.15) is 5.75 Å². The lowest BCUT2D eigenvalue weighted by Gasteiger charge is -2.26. The van der Waals surface area contributed by atoms with Gasteiger partial charge in [-0.25, -0.2) is 0 Å². The molecule has 0 atom stereocenters. The van der Waals surface area contributed by atoms with Crippen LogP contribution in [0.1, 0.15) is 11.5 Å². The first-order valence-electron chi connectivity index (χ1n) is 4.12. The number of methoxy groups -OCH3 is 1. The second-order valence-electron chi connectivity index (χ2n) is 3.01. The maximum Gasteiger partial charge on any atom is 0.119 e. The summed E-state index contributed by atoms with van der Waals surface area (Å²) in [6, 6.07) is 8.18. The van der Waals surface area contributed by atoms with Gasteiger partial charge in [-0.15, -0.1) is 0 Å². The van der Waals surface area contributed by atoms with Gasteiger partial charge in [0, 0.05) is 5.92 Å². The molecule has 0 N–H and O–H groups in total. The number of hydrogen-bond donors (Lipinski definition) is 0. The summed E-state index contributed by atoms with van der Waals surface area (Å²) >= 11 is 0. The molecular formula is C10H12O2. The lowest BCUT2D eigenvalue weighted by Crippen LogP contribution is -2.24. The van der Waals surface area contributed by atoms with Crippen molar-refractivity contribution in [3.63, 3.8) is 0 Å². The highest BCUT2D eigenvalue weighted by Crippen LogP contribution is 2.26. The minimum Gasteiger partial charge on any atom is -0.497 e. The van der Waals surface area contributed by atoms with Crippen molar-refractivity contribution in [2.24, 2.45) is 0 Å². The minimum absolute atomic E-state index is 0.583. The molecule has 0 aromatic heterocycles. The smallest absolute Gasteiger partial charge is 0.119 e. The Hall–Kier alpha value is -1.02. The molecule has 12 heavy (non-hydrogen) atoms. The molecule has 64 valence electrons. The average Bonchev–Trinajstić information content (AvgIpc) is 2.02. The van der Waals surface area contributed by atoms with E-state index in [2.05, 4.69) is 12.1 Å². The van der Waals surface area contributed by atoms with Gasteiger partial charge in [0.05, 0.1) is 20.3 Å². The third-order valence-corrected chi connectivity index (χ3v) is 2.20. The monoisotopic (exact) mass is 164 g/mol. The van der Waals surface area contributed by atoms with E-state index in [1.807, 2.05) is 12.1 Å². The predicted molar refractivity (Wildman–Crippen MR) is 46.6 cm³/mol. The topological polar surface area (TPSA) is 18.5 Å². The molecule has 1 aromatic carbocycles. The number of hydrogen-bond acceptors (Lipinski definition) is 2. The molecule has 0 radical (unpaired) electrons. The van der Waals surface area contributed by atoms with Crippen LogP contribution in [0.25, 0.3) is 0 Å². The molecule has 1 aliphatic rings. The third kappa shape index (κ3) is 1.30. The second kappa shape index (κ2) is 3.15. The first kappa shape index (κ1) is 7.62. The molecule has 0 amide bonds. The second-order valence-corrected chi connectivity index (χ2v) is 3.01. The van der Waals surface area contributed by atoms with Gasteiger partial charge in [-0.05, 0) is 17.7 Å². The van der Waals surface area contributed by atoms with Crippen molar-refractivity contribution < 1.29 is 9.47 Å². The van der Waals surface area contributed by atoms with Crippen LogP contribution in [0, 0.1) is 0 Å². The van der Waals surface area contributed by atoms with E-state index in [9.17, 15) is 0 Å². The summed E-state index contributed by atoms with van der Waals surface area (Å²) in [5.41, 5.74) is 1.32. The summed E-state index contributed by atoms with van der Waals surface area (Å²) < 4.78 is 10.3. The Bertz CT molecular complexity index is 266. The molecule has 2 nitrogen and oxygen atoms in total. The molecule has 0 bridgehead atoms. The van der Waals surface area contributed by atoms with E-state index in [0.29, 0.717) is 5.92 Å². The van der Waals surface area contributed by atoms with E-state index in [0.717, 1.165) is 19.0 Å². The van der Waals surface area contributed by atoms with Gasteiger partial charge in [-0.1, -0.05) is 12.1 Å². The predicted octanol–water partition coefficient (Wildman–Crippen LogP) is 1.81. The molecule has 1 saturated heterocycles. The van der Waals surface area contributed by atoms with Gasteiger partial charge in [0.15, 0.2) is 0 Å². The van der Waals surface area contributed by atoms with Crippen molar-refractivity contribution in [2.45, 2.75) is 5.92 Å². The molecule has 2 heteroatoms. The van der Waals surface area contributed by atoms with Crippen LogP contribution in [0.5, 0.6) is 5.75 Å². The van der Waals surface area contributed by atoms with Crippen molar-refractivity contribution in [2.75, 3.05) is 20.3 Å². The quantitative estimate of drug-likeness (QED) is 0.663. The largest absolute Gasteiger partial charge is 0.497 e. The van der Waals surface area contributed by atoms with Gasteiger partial charge in [0.2, 0.25) is 0 Å². The van der Waals surface area contributed by atoms with E-state index in [1.165, 1.54) is 5.56 Å². The Labute approximate surface area is 72.1 Å². The molecule has 1 heterocycles. The highest BCUT2D eigenvalue weighted by atomic mass is 16.5. The standard InChI is InChI=1S/C10H12O2/c1-11-10-4-2-3-8(5-10)9-6-12-7-9/h2-5,9H,6-7H2,1H3. The molecule has 2 rings (SSSR count). The van der Waals surface area contributed by atoms with E-state index in [1.54, 1.807) is 7.11 Å². The Kier molecular flexibility index (Phi) is 2.00. The van der Waals surface area contributed by atoms with Crippen LogP contribution in [0.4, 0.5) is 0 Å². The molecule has 1 fully saturated rings. The van der Waals surface area contributed by atoms with Crippen LogP contribution in [0.3, 0.4) is 0 Å².